The number of hydrogen-bond acceptors (Lipinski definition) is 4. The molecule has 0 unspecified atom stereocenters. The van der Waals surface area contributed by atoms with Gasteiger partial charge in [0, 0.05) is 0 Å². The van der Waals surface area contributed by atoms with Crippen LogP contribution in [0.2, 0.25) is 0 Å². The third-order valence-electron chi connectivity index (χ3n) is 4.42. The lowest BCUT2D eigenvalue weighted by Gasteiger charge is -2.39. The van der Waals surface area contributed by atoms with Gasteiger partial charge in [0.15, 0.2) is 11.5 Å². The van der Waals surface area contributed by atoms with Crippen LogP contribution in [0.3, 0.4) is 0 Å². The van der Waals surface area contributed by atoms with Gasteiger partial charge in [0.25, 0.3) is 0 Å². The highest BCUT2D eigenvalue weighted by Crippen LogP contribution is 2.47. The second kappa shape index (κ2) is 5.92. The van der Waals surface area contributed by atoms with Crippen molar-refractivity contribution in [2.75, 3.05) is 21.3 Å². The molecule has 0 heterocycles. The van der Waals surface area contributed by atoms with Crippen LogP contribution in [0, 0.1) is 5.92 Å². The topological polar surface area (TPSA) is 47.9 Å². The number of methoxy groups -OCH3 is 3. The Labute approximate surface area is 120 Å². The maximum Gasteiger partial charge on any atom is 0.203 e. The maximum absolute atomic E-state index is 11.1. The predicted octanol–water partition coefficient (Wildman–Crippen LogP) is 3.11. The van der Waals surface area contributed by atoms with E-state index in [0.29, 0.717) is 17.2 Å². The fourth-order valence-corrected chi connectivity index (χ4v) is 3.09. The summed E-state index contributed by atoms with van der Waals surface area (Å²) in [6.07, 6.45) is 4.02. The molecule has 1 aromatic rings. The van der Waals surface area contributed by atoms with Crippen molar-refractivity contribution in [3.8, 4) is 17.2 Å². The number of hydrogen-bond donors (Lipinski definition) is 1. The molecule has 1 fully saturated rings. The van der Waals surface area contributed by atoms with E-state index in [-0.39, 0.29) is 5.92 Å². The van der Waals surface area contributed by atoms with Crippen molar-refractivity contribution in [3.63, 3.8) is 0 Å². The third-order valence-corrected chi connectivity index (χ3v) is 4.42. The van der Waals surface area contributed by atoms with Crippen LogP contribution < -0.4 is 14.2 Å². The normalized spacial score (nSPS) is 26.1. The molecule has 1 N–H and O–H groups in total. The summed E-state index contributed by atoms with van der Waals surface area (Å²) in [7, 11) is 4.77. The molecule has 0 aromatic heterocycles. The minimum atomic E-state index is -0.814. The first-order chi connectivity index (χ1) is 9.56. The Morgan fingerprint density at radius 2 is 1.65 bits per heavy atom. The van der Waals surface area contributed by atoms with Gasteiger partial charge in [-0.05, 0) is 36.5 Å². The number of rotatable bonds is 4. The molecule has 2 atom stereocenters. The Kier molecular flexibility index (Phi) is 4.43. The fraction of sp³-hybridized carbons (Fsp3) is 0.625. The standard InChI is InChI=1S/C16H24O4/c1-11-7-5-6-8-16(11,17)12-9-13(18-2)15(20-4)14(10-12)19-3/h9-11,17H,5-8H2,1-4H3/t11-,16-/m1/s1. The Bertz CT molecular complexity index is 447. The minimum Gasteiger partial charge on any atom is -0.493 e. The zero-order valence-corrected chi connectivity index (χ0v) is 12.7. The van der Waals surface area contributed by atoms with E-state index in [2.05, 4.69) is 6.92 Å². The monoisotopic (exact) mass is 280 g/mol. The zero-order valence-electron chi connectivity index (χ0n) is 12.7. The van der Waals surface area contributed by atoms with Crippen LogP contribution in [0.4, 0.5) is 0 Å². The van der Waals surface area contributed by atoms with E-state index in [1.165, 1.54) is 6.42 Å². The lowest BCUT2D eigenvalue weighted by atomic mass is 9.72. The average molecular weight is 280 g/mol. The van der Waals surface area contributed by atoms with Gasteiger partial charge in [-0.2, -0.15) is 0 Å². The number of aliphatic hydroxyl groups is 1. The highest BCUT2D eigenvalue weighted by atomic mass is 16.5. The Hall–Kier alpha value is -1.42. The summed E-state index contributed by atoms with van der Waals surface area (Å²) in [5.74, 6) is 1.96. The van der Waals surface area contributed by atoms with Crippen molar-refractivity contribution in [1.29, 1.82) is 0 Å². The molecule has 1 aromatic carbocycles. The molecule has 0 saturated heterocycles. The quantitative estimate of drug-likeness (QED) is 0.920. The predicted molar refractivity (Wildman–Crippen MR) is 77.6 cm³/mol. The maximum atomic E-state index is 11.1. The molecule has 0 bridgehead atoms. The van der Waals surface area contributed by atoms with Gasteiger partial charge in [0.2, 0.25) is 5.75 Å². The summed E-state index contributed by atoms with van der Waals surface area (Å²) in [6.45, 7) is 2.10. The van der Waals surface area contributed by atoms with E-state index in [4.69, 9.17) is 14.2 Å². The number of ether oxygens (including phenoxy) is 3. The first-order valence-electron chi connectivity index (χ1n) is 7.09. The second-order valence-corrected chi connectivity index (χ2v) is 5.49. The molecule has 20 heavy (non-hydrogen) atoms. The van der Waals surface area contributed by atoms with E-state index in [0.717, 1.165) is 24.8 Å². The van der Waals surface area contributed by atoms with E-state index in [9.17, 15) is 5.11 Å². The zero-order chi connectivity index (χ0) is 14.8. The van der Waals surface area contributed by atoms with Crippen LogP contribution in [-0.4, -0.2) is 26.4 Å². The summed E-state index contributed by atoms with van der Waals surface area (Å²) >= 11 is 0. The van der Waals surface area contributed by atoms with E-state index in [1.54, 1.807) is 21.3 Å². The van der Waals surface area contributed by atoms with Gasteiger partial charge >= 0.3 is 0 Å². The van der Waals surface area contributed by atoms with Crippen LogP contribution >= 0.6 is 0 Å². The molecular weight excluding hydrogens is 256 g/mol. The summed E-state index contributed by atoms with van der Waals surface area (Å²) in [5.41, 5.74) is 0.0321. The van der Waals surface area contributed by atoms with Gasteiger partial charge in [0.05, 0.1) is 26.9 Å². The molecular formula is C16H24O4. The Balaban J connectivity index is 2.51. The molecule has 1 saturated carbocycles. The van der Waals surface area contributed by atoms with Gasteiger partial charge in [-0.15, -0.1) is 0 Å². The SMILES string of the molecule is COc1cc([C@@]2(O)CCCC[C@H]2C)cc(OC)c1OC. The molecule has 0 aliphatic heterocycles. The third kappa shape index (κ3) is 2.44. The van der Waals surface area contributed by atoms with Crippen LogP contribution in [0.15, 0.2) is 12.1 Å². The highest BCUT2D eigenvalue weighted by Gasteiger charge is 2.38. The van der Waals surface area contributed by atoms with Gasteiger partial charge in [-0.1, -0.05) is 19.8 Å². The van der Waals surface area contributed by atoms with Crippen LogP contribution in [0.1, 0.15) is 38.2 Å². The molecule has 1 aliphatic rings. The first kappa shape index (κ1) is 15.0. The largest absolute Gasteiger partial charge is 0.493 e. The summed E-state index contributed by atoms with van der Waals surface area (Å²) < 4.78 is 16.1. The van der Waals surface area contributed by atoms with Crippen LogP contribution in [0.25, 0.3) is 0 Å². The molecule has 4 heteroatoms. The average Bonchev–Trinajstić information content (AvgIpc) is 2.48. The van der Waals surface area contributed by atoms with Gasteiger partial charge in [0.1, 0.15) is 0 Å². The lowest BCUT2D eigenvalue weighted by molar-refractivity contribution is -0.0472. The van der Waals surface area contributed by atoms with Crippen LogP contribution in [-0.2, 0) is 5.60 Å². The highest BCUT2D eigenvalue weighted by molar-refractivity contribution is 5.55. The van der Waals surface area contributed by atoms with Gasteiger partial charge in [-0.3, -0.25) is 0 Å². The molecule has 1 aliphatic carbocycles. The smallest absolute Gasteiger partial charge is 0.203 e. The summed E-state index contributed by atoms with van der Waals surface area (Å²) in [6, 6.07) is 3.73. The molecule has 0 spiro atoms. The Morgan fingerprint density at radius 3 is 2.10 bits per heavy atom. The first-order valence-corrected chi connectivity index (χ1v) is 7.09. The van der Waals surface area contributed by atoms with Crippen LogP contribution in [0.5, 0.6) is 17.2 Å². The van der Waals surface area contributed by atoms with E-state index in [1.807, 2.05) is 12.1 Å². The lowest BCUT2D eigenvalue weighted by Crippen LogP contribution is -2.36. The molecule has 4 nitrogen and oxygen atoms in total. The van der Waals surface area contributed by atoms with Crippen molar-refractivity contribution in [1.82, 2.24) is 0 Å². The van der Waals surface area contributed by atoms with Crippen molar-refractivity contribution < 1.29 is 19.3 Å². The fourth-order valence-electron chi connectivity index (χ4n) is 3.09. The van der Waals surface area contributed by atoms with Gasteiger partial charge < -0.3 is 19.3 Å². The summed E-state index contributed by atoms with van der Waals surface area (Å²) in [4.78, 5) is 0. The van der Waals surface area contributed by atoms with Crippen molar-refractivity contribution in [3.05, 3.63) is 17.7 Å². The number of benzene rings is 1. The molecule has 0 amide bonds. The van der Waals surface area contributed by atoms with E-state index < -0.39 is 5.60 Å². The summed E-state index contributed by atoms with van der Waals surface area (Å²) in [5, 5.41) is 11.1. The second-order valence-electron chi connectivity index (χ2n) is 5.49. The Morgan fingerprint density at radius 1 is 1.05 bits per heavy atom. The van der Waals surface area contributed by atoms with Crippen molar-refractivity contribution in [2.24, 2.45) is 5.92 Å². The van der Waals surface area contributed by atoms with Crippen molar-refractivity contribution in [2.45, 2.75) is 38.2 Å². The minimum absolute atomic E-state index is 0.221. The van der Waals surface area contributed by atoms with Gasteiger partial charge in [-0.25, -0.2) is 0 Å². The van der Waals surface area contributed by atoms with E-state index >= 15 is 0 Å². The molecule has 0 radical (unpaired) electrons. The van der Waals surface area contributed by atoms with Crippen molar-refractivity contribution >= 4 is 0 Å². The molecule has 112 valence electrons. The molecule has 2 rings (SSSR count).